The number of hydrogen-bond donors (Lipinski definition) is 1. The third-order valence-electron chi connectivity index (χ3n) is 4.63. The van der Waals surface area contributed by atoms with Crippen molar-refractivity contribution in [3.8, 4) is 11.6 Å². The first-order valence-corrected chi connectivity index (χ1v) is 10.9. The SMILES string of the molecule is CCOc1nc(C(CS(C)=O)N2C(=O)c3c(F)ccc(NC=O)c3C2=O)ccc1OC. The second kappa shape index (κ2) is 9.21. The van der Waals surface area contributed by atoms with E-state index in [0.29, 0.717) is 12.2 Å². The van der Waals surface area contributed by atoms with Crippen LogP contribution >= 0.6 is 0 Å². The fourth-order valence-corrected chi connectivity index (χ4v) is 4.11. The molecule has 1 aromatic carbocycles. The number of benzene rings is 1. The van der Waals surface area contributed by atoms with Crippen molar-refractivity contribution in [1.82, 2.24) is 9.88 Å². The van der Waals surface area contributed by atoms with Gasteiger partial charge in [-0.25, -0.2) is 9.37 Å². The Morgan fingerprint density at radius 2 is 1.94 bits per heavy atom. The van der Waals surface area contributed by atoms with Crippen LogP contribution in [0.25, 0.3) is 0 Å². The maximum absolute atomic E-state index is 14.5. The molecule has 11 heteroatoms. The lowest BCUT2D eigenvalue weighted by Crippen LogP contribution is -2.37. The van der Waals surface area contributed by atoms with E-state index in [1.54, 1.807) is 13.0 Å². The monoisotopic (exact) mass is 449 g/mol. The molecule has 2 aromatic rings. The second-order valence-corrected chi connectivity index (χ2v) is 8.00. The lowest BCUT2D eigenvalue weighted by atomic mass is 10.1. The highest BCUT2D eigenvalue weighted by molar-refractivity contribution is 7.84. The first kappa shape index (κ1) is 22.3. The lowest BCUT2D eigenvalue weighted by molar-refractivity contribution is -0.105. The molecule has 0 radical (unpaired) electrons. The summed E-state index contributed by atoms with van der Waals surface area (Å²) < 4.78 is 37.2. The topological polar surface area (TPSA) is 115 Å². The van der Waals surface area contributed by atoms with Crippen molar-refractivity contribution >= 4 is 34.7 Å². The summed E-state index contributed by atoms with van der Waals surface area (Å²) in [5.41, 5.74) is -0.495. The average Bonchev–Trinajstić information content (AvgIpc) is 3.00. The molecule has 1 aliphatic rings. The zero-order valence-electron chi connectivity index (χ0n) is 17.0. The fourth-order valence-electron chi connectivity index (χ4n) is 3.35. The molecular formula is C20H20FN3O6S. The van der Waals surface area contributed by atoms with Gasteiger partial charge >= 0.3 is 0 Å². The molecule has 0 fully saturated rings. The Kier molecular flexibility index (Phi) is 6.64. The van der Waals surface area contributed by atoms with E-state index >= 15 is 0 Å². The number of hydrogen-bond acceptors (Lipinski definition) is 7. The molecule has 1 N–H and O–H groups in total. The van der Waals surface area contributed by atoms with Gasteiger partial charge in [0.2, 0.25) is 6.41 Å². The van der Waals surface area contributed by atoms with Crippen LogP contribution in [-0.4, -0.2) is 58.0 Å². The minimum atomic E-state index is -1.44. The summed E-state index contributed by atoms with van der Waals surface area (Å²) in [6.45, 7) is 2.04. The Labute approximate surface area is 180 Å². The zero-order valence-corrected chi connectivity index (χ0v) is 17.8. The average molecular weight is 449 g/mol. The van der Waals surface area contributed by atoms with Crippen molar-refractivity contribution < 1.29 is 32.5 Å². The van der Waals surface area contributed by atoms with Crippen molar-refractivity contribution in [3.05, 3.63) is 46.9 Å². The van der Waals surface area contributed by atoms with E-state index in [4.69, 9.17) is 9.47 Å². The number of aromatic nitrogens is 1. The fraction of sp³-hybridized carbons (Fsp3) is 0.300. The number of rotatable bonds is 9. The third-order valence-corrected chi connectivity index (χ3v) is 5.41. The van der Waals surface area contributed by atoms with E-state index in [1.807, 2.05) is 0 Å². The molecule has 0 aliphatic carbocycles. The number of fused-ring (bicyclic) bond motifs is 1. The predicted molar refractivity (Wildman–Crippen MR) is 110 cm³/mol. The minimum absolute atomic E-state index is 0.00122. The number of nitrogens with one attached hydrogen (secondary N) is 1. The third kappa shape index (κ3) is 4.13. The van der Waals surface area contributed by atoms with Crippen LogP contribution in [0.1, 0.15) is 39.4 Å². The van der Waals surface area contributed by atoms with Crippen LogP contribution in [0.4, 0.5) is 10.1 Å². The van der Waals surface area contributed by atoms with Gasteiger partial charge in [0, 0.05) is 22.8 Å². The van der Waals surface area contributed by atoms with Gasteiger partial charge in [0.25, 0.3) is 17.7 Å². The van der Waals surface area contributed by atoms with Crippen LogP contribution < -0.4 is 14.8 Å². The van der Waals surface area contributed by atoms with Crippen LogP contribution in [-0.2, 0) is 15.6 Å². The number of ether oxygens (including phenoxy) is 2. The quantitative estimate of drug-likeness (QED) is 0.459. The first-order valence-electron chi connectivity index (χ1n) is 9.22. The molecule has 2 atom stereocenters. The van der Waals surface area contributed by atoms with Gasteiger partial charge in [-0.05, 0) is 31.2 Å². The van der Waals surface area contributed by atoms with Crippen LogP contribution in [0.5, 0.6) is 11.6 Å². The molecule has 0 saturated carbocycles. The summed E-state index contributed by atoms with van der Waals surface area (Å²) in [7, 11) is -0.00584. The van der Waals surface area contributed by atoms with E-state index in [-0.39, 0.29) is 35.2 Å². The molecule has 3 rings (SSSR count). The van der Waals surface area contributed by atoms with Gasteiger partial charge in [0.15, 0.2) is 5.75 Å². The number of imide groups is 1. The minimum Gasteiger partial charge on any atom is -0.491 e. The Balaban J connectivity index is 2.13. The molecule has 1 aliphatic heterocycles. The Bertz CT molecular complexity index is 1080. The molecule has 9 nitrogen and oxygen atoms in total. The molecule has 2 unspecified atom stereocenters. The van der Waals surface area contributed by atoms with Crippen LogP contribution in [0.2, 0.25) is 0 Å². The molecule has 164 valence electrons. The van der Waals surface area contributed by atoms with Crippen molar-refractivity contribution in [2.45, 2.75) is 13.0 Å². The number of carbonyl (C=O) groups is 3. The predicted octanol–water partition coefficient (Wildman–Crippen LogP) is 1.91. The standard InChI is InChI=1S/C20H20FN3O6S/c1-4-30-18-15(29-2)8-7-12(23-18)14(9-31(3)28)24-19(26)16-11(21)5-6-13(22-10-25)17(16)20(24)27/h5-8,10,14H,4,9H2,1-3H3,(H,22,25). The van der Waals surface area contributed by atoms with E-state index < -0.39 is 40.0 Å². The largest absolute Gasteiger partial charge is 0.491 e. The number of halogens is 1. The normalized spacial score (nSPS) is 14.8. The molecule has 31 heavy (non-hydrogen) atoms. The Hall–Kier alpha value is -3.34. The first-order chi connectivity index (χ1) is 14.8. The molecule has 1 aromatic heterocycles. The van der Waals surface area contributed by atoms with Crippen molar-refractivity contribution in [2.24, 2.45) is 0 Å². The number of carbonyl (C=O) groups excluding carboxylic acids is 3. The maximum atomic E-state index is 14.5. The molecule has 2 heterocycles. The van der Waals surface area contributed by atoms with Gasteiger partial charge in [-0.3, -0.25) is 23.5 Å². The number of methoxy groups -OCH3 is 1. The highest BCUT2D eigenvalue weighted by Crippen LogP contribution is 2.37. The van der Waals surface area contributed by atoms with Crippen molar-refractivity contribution in [2.75, 3.05) is 31.0 Å². The molecule has 0 saturated heterocycles. The van der Waals surface area contributed by atoms with Gasteiger partial charge in [0.05, 0.1) is 42.3 Å². The second-order valence-electron chi connectivity index (χ2n) is 6.52. The van der Waals surface area contributed by atoms with Crippen molar-refractivity contribution in [1.29, 1.82) is 0 Å². The van der Waals surface area contributed by atoms with E-state index in [2.05, 4.69) is 10.3 Å². The van der Waals surface area contributed by atoms with Gasteiger partial charge in [0.1, 0.15) is 5.82 Å². The molecular weight excluding hydrogens is 429 g/mol. The zero-order chi connectivity index (χ0) is 22.7. The van der Waals surface area contributed by atoms with Gasteiger partial charge < -0.3 is 14.8 Å². The smallest absolute Gasteiger partial charge is 0.265 e. The summed E-state index contributed by atoms with van der Waals surface area (Å²) in [5.74, 6) is -2.28. The highest BCUT2D eigenvalue weighted by Gasteiger charge is 2.45. The summed E-state index contributed by atoms with van der Waals surface area (Å²) in [6, 6.07) is 4.20. The van der Waals surface area contributed by atoms with Gasteiger partial charge in [-0.1, -0.05) is 0 Å². The van der Waals surface area contributed by atoms with Crippen LogP contribution in [0.15, 0.2) is 24.3 Å². The van der Waals surface area contributed by atoms with Crippen LogP contribution in [0, 0.1) is 5.82 Å². The summed E-state index contributed by atoms with van der Waals surface area (Å²) in [6.07, 6.45) is 1.74. The summed E-state index contributed by atoms with van der Waals surface area (Å²) >= 11 is 0. The van der Waals surface area contributed by atoms with Gasteiger partial charge in [-0.15, -0.1) is 0 Å². The number of pyridine rings is 1. The summed E-state index contributed by atoms with van der Waals surface area (Å²) in [5, 5.41) is 2.31. The van der Waals surface area contributed by atoms with E-state index in [9.17, 15) is 23.0 Å². The number of amides is 3. The van der Waals surface area contributed by atoms with Crippen LogP contribution in [0.3, 0.4) is 0 Å². The number of anilines is 1. The Morgan fingerprint density at radius 1 is 1.23 bits per heavy atom. The number of nitrogens with zero attached hydrogens (tertiary/aromatic N) is 2. The summed E-state index contributed by atoms with van der Waals surface area (Å²) in [4.78, 5) is 42.3. The maximum Gasteiger partial charge on any atom is 0.265 e. The molecule has 0 spiro atoms. The van der Waals surface area contributed by atoms with E-state index in [1.165, 1.54) is 25.5 Å². The lowest BCUT2D eigenvalue weighted by Gasteiger charge is -2.25. The highest BCUT2D eigenvalue weighted by atomic mass is 32.2. The van der Waals surface area contributed by atoms with Gasteiger partial charge in [-0.2, -0.15) is 0 Å². The molecule has 0 bridgehead atoms. The van der Waals surface area contributed by atoms with Crippen molar-refractivity contribution in [3.63, 3.8) is 0 Å². The molecule has 3 amide bonds. The van der Waals surface area contributed by atoms with E-state index in [0.717, 1.165) is 11.0 Å². The Morgan fingerprint density at radius 3 is 2.55 bits per heavy atom.